The largest absolute Gasteiger partial charge is 0.322 e. The number of thiophene rings is 1. The number of anilines is 1. The normalized spacial score (nSPS) is 13.5. The van der Waals surface area contributed by atoms with E-state index in [1.165, 1.54) is 34.7 Å². The molecule has 3 aromatic rings. The van der Waals surface area contributed by atoms with Crippen molar-refractivity contribution in [2.45, 2.75) is 39.5 Å². The molecule has 1 N–H and O–H groups in total. The number of fused-ring (bicyclic) bond motifs is 1. The smallest absolute Gasteiger partial charge is 0.258 e. The molecule has 0 atom stereocenters. The standard InChI is InChI=1S/C21H22N2OS/c1-14-12-13-15(2)23(14)21-19(17-10-6-7-11-18(17)25-21)20(24)22-16-8-4-3-5-9-16/h3-5,8-9,12-13H,6-7,10-11H2,1-2H3,(H,22,24). The van der Waals surface area contributed by atoms with Crippen molar-refractivity contribution in [3.63, 3.8) is 0 Å². The van der Waals surface area contributed by atoms with Gasteiger partial charge in [0.1, 0.15) is 5.00 Å². The van der Waals surface area contributed by atoms with E-state index < -0.39 is 0 Å². The van der Waals surface area contributed by atoms with Crippen LogP contribution in [0.15, 0.2) is 42.5 Å². The van der Waals surface area contributed by atoms with Gasteiger partial charge in [0.15, 0.2) is 0 Å². The third-order valence-corrected chi connectivity index (χ3v) is 6.16. The zero-order valence-corrected chi connectivity index (χ0v) is 15.5. The Morgan fingerprint density at radius 1 is 1.00 bits per heavy atom. The first-order valence-corrected chi connectivity index (χ1v) is 9.63. The van der Waals surface area contributed by atoms with Crippen molar-refractivity contribution in [1.82, 2.24) is 4.57 Å². The number of nitrogens with zero attached hydrogens (tertiary/aromatic N) is 1. The average Bonchev–Trinajstić information content (AvgIpc) is 3.15. The molecule has 0 saturated heterocycles. The average molecular weight is 350 g/mol. The summed E-state index contributed by atoms with van der Waals surface area (Å²) in [6.07, 6.45) is 4.47. The molecule has 4 heteroatoms. The van der Waals surface area contributed by atoms with E-state index in [0.717, 1.165) is 29.1 Å². The summed E-state index contributed by atoms with van der Waals surface area (Å²) in [5, 5.41) is 4.16. The Bertz CT molecular complexity index is 902. The highest BCUT2D eigenvalue weighted by atomic mass is 32.1. The number of carbonyl (C=O) groups is 1. The molecular weight excluding hydrogens is 328 g/mol. The van der Waals surface area contributed by atoms with Gasteiger partial charge in [-0.2, -0.15) is 0 Å². The lowest BCUT2D eigenvalue weighted by molar-refractivity contribution is 0.102. The van der Waals surface area contributed by atoms with Crippen molar-refractivity contribution in [2.75, 3.05) is 5.32 Å². The van der Waals surface area contributed by atoms with Crippen molar-refractivity contribution >= 4 is 22.9 Å². The Kier molecular flexibility index (Phi) is 4.22. The van der Waals surface area contributed by atoms with E-state index in [1.807, 2.05) is 30.3 Å². The monoisotopic (exact) mass is 350 g/mol. The minimum absolute atomic E-state index is 0.00750. The quantitative estimate of drug-likeness (QED) is 0.684. The van der Waals surface area contributed by atoms with Crippen LogP contribution < -0.4 is 5.32 Å². The fourth-order valence-corrected chi connectivity index (χ4v) is 5.15. The molecule has 4 rings (SSSR count). The van der Waals surface area contributed by atoms with Gasteiger partial charge >= 0.3 is 0 Å². The van der Waals surface area contributed by atoms with E-state index in [4.69, 9.17) is 0 Å². The van der Waals surface area contributed by atoms with Crippen molar-refractivity contribution < 1.29 is 4.79 Å². The fourth-order valence-electron chi connectivity index (χ4n) is 3.65. The highest BCUT2D eigenvalue weighted by Crippen LogP contribution is 2.38. The minimum Gasteiger partial charge on any atom is -0.322 e. The summed E-state index contributed by atoms with van der Waals surface area (Å²) in [7, 11) is 0. The van der Waals surface area contributed by atoms with E-state index in [1.54, 1.807) is 11.3 Å². The highest BCUT2D eigenvalue weighted by molar-refractivity contribution is 7.15. The van der Waals surface area contributed by atoms with Gasteiger partial charge in [0.2, 0.25) is 0 Å². The Labute approximate surface area is 152 Å². The molecular formula is C21H22N2OS. The summed E-state index contributed by atoms with van der Waals surface area (Å²) in [4.78, 5) is 14.5. The van der Waals surface area contributed by atoms with Gasteiger partial charge in [0.05, 0.1) is 5.56 Å². The van der Waals surface area contributed by atoms with E-state index in [0.29, 0.717) is 0 Å². The van der Waals surface area contributed by atoms with Crippen LogP contribution in [0, 0.1) is 13.8 Å². The number of hydrogen-bond acceptors (Lipinski definition) is 2. The molecule has 2 heterocycles. The zero-order valence-electron chi connectivity index (χ0n) is 14.6. The molecule has 0 fully saturated rings. The molecule has 0 saturated carbocycles. The topological polar surface area (TPSA) is 34.0 Å². The molecule has 0 spiro atoms. The van der Waals surface area contributed by atoms with Crippen molar-refractivity contribution in [3.8, 4) is 5.00 Å². The third-order valence-electron chi connectivity index (χ3n) is 4.89. The molecule has 0 bridgehead atoms. The van der Waals surface area contributed by atoms with E-state index in [9.17, 15) is 4.79 Å². The number of amides is 1. The summed E-state index contributed by atoms with van der Waals surface area (Å²) >= 11 is 1.79. The maximum absolute atomic E-state index is 13.2. The third kappa shape index (κ3) is 2.91. The Morgan fingerprint density at radius 3 is 2.40 bits per heavy atom. The molecule has 128 valence electrons. The molecule has 1 aliphatic rings. The first-order valence-electron chi connectivity index (χ1n) is 8.81. The van der Waals surface area contributed by atoms with Crippen molar-refractivity contribution in [2.24, 2.45) is 0 Å². The molecule has 3 nitrogen and oxygen atoms in total. The number of aromatic nitrogens is 1. The lowest BCUT2D eigenvalue weighted by atomic mass is 9.95. The summed E-state index contributed by atoms with van der Waals surface area (Å²) < 4.78 is 2.23. The van der Waals surface area contributed by atoms with Gasteiger partial charge in [0, 0.05) is 22.0 Å². The lowest BCUT2D eigenvalue weighted by Crippen LogP contribution is -2.17. The second-order valence-electron chi connectivity index (χ2n) is 6.66. The van der Waals surface area contributed by atoms with Crippen LogP contribution >= 0.6 is 11.3 Å². The second-order valence-corrected chi connectivity index (χ2v) is 7.75. The SMILES string of the molecule is Cc1ccc(C)n1-c1sc2c(c1C(=O)Nc1ccccc1)CCCC2. The Balaban J connectivity index is 1.82. The maximum Gasteiger partial charge on any atom is 0.258 e. The minimum atomic E-state index is 0.00750. The highest BCUT2D eigenvalue weighted by Gasteiger charge is 2.27. The number of carbonyl (C=O) groups excluding carboxylic acids is 1. The van der Waals surface area contributed by atoms with Crippen LogP contribution in [0.1, 0.15) is 45.0 Å². The number of hydrogen-bond donors (Lipinski definition) is 1. The second kappa shape index (κ2) is 6.52. The van der Waals surface area contributed by atoms with Crippen molar-refractivity contribution in [1.29, 1.82) is 0 Å². The van der Waals surface area contributed by atoms with E-state index in [2.05, 4.69) is 35.9 Å². The van der Waals surface area contributed by atoms with E-state index in [-0.39, 0.29) is 5.91 Å². The van der Waals surface area contributed by atoms with Gasteiger partial charge in [-0.15, -0.1) is 11.3 Å². The molecule has 25 heavy (non-hydrogen) atoms. The maximum atomic E-state index is 13.2. The predicted octanol–water partition coefficient (Wildman–Crippen LogP) is 5.29. The number of para-hydroxylation sites is 1. The zero-order chi connectivity index (χ0) is 17.4. The molecule has 1 aromatic carbocycles. The van der Waals surface area contributed by atoms with Crippen LogP contribution in [0.5, 0.6) is 0 Å². The first-order chi connectivity index (χ1) is 12.1. The lowest BCUT2D eigenvalue weighted by Gasteiger charge is -2.14. The van der Waals surface area contributed by atoms with Gasteiger partial charge in [-0.3, -0.25) is 4.79 Å². The molecule has 1 aliphatic carbocycles. The summed E-state index contributed by atoms with van der Waals surface area (Å²) in [6.45, 7) is 4.20. The van der Waals surface area contributed by atoms with Crippen LogP contribution in [0.2, 0.25) is 0 Å². The molecule has 2 aromatic heterocycles. The van der Waals surface area contributed by atoms with Crippen LogP contribution in [-0.4, -0.2) is 10.5 Å². The Hall–Kier alpha value is -2.33. The van der Waals surface area contributed by atoms with Gasteiger partial charge in [0.25, 0.3) is 5.91 Å². The number of aryl methyl sites for hydroxylation is 3. The van der Waals surface area contributed by atoms with Gasteiger partial charge in [-0.05, 0) is 69.4 Å². The molecule has 1 amide bonds. The molecule has 0 aliphatic heterocycles. The van der Waals surface area contributed by atoms with Crippen LogP contribution in [0.3, 0.4) is 0 Å². The number of nitrogens with one attached hydrogen (secondary N) is 1. The van der Waals surface area contributed by atoms with Gasteiger partial charge < -0.3 is 9.88 Å². The van der Waals surface area contributed by atoms with Gasteiger partial charge in [-0.1, -0.05) is 18.2 Å². The predicted molar refractivity (Wildman–Crippen MR) is 104 cm³/mol. The van der Waals surface area contributed by atoms with Crippen molar-refractivity contribution in [3.05, 3.63) is 69.9 Å². The number of benzene rings is 1. The van der Waals surface area contributed by atoms with Gasteiger partial charge in [-0.25, -0.2) is 0 Å². The summed E-state index contributed by atoms with van der Waals surface area (Å²) in [5.41, 5.74) is 5.31. The summed E-state index contributed by atoms with van der Waals surface area (Å²) in [6, 6.07) is 13.9. The summed E-state index contributed by atoms with van der Waals surface area (Å²) in [5.74, 6) is 0.00750. The Morgan fingerprint density at radius 2 is 1.68 bits per heavy atom. The van der Waals surface area contributed by atoms with E-state index >= 15 is 0 Å². The first kappa shape index (κ1) is 16.2. The fraction of sp³-hybridized carbons (Fsp3) is 0.286. The van der Waals surface area contributed by atoms with Crippen LogP contribution in [-0.2, 0) is 12.8 Å². The molecule has 0 radical (unpaired) electrons. The molecule has 0 unspecified atom stereocenters. The van der Waals surface area contributed by atoms with Crippen LogP contribution in [0.4, 0.5) is 5.69 Å². The van der Waals surface area contributed by atoms with Crippen LogP contribution in [0.25, 0.3) is 5.00 Å². The number of rotatable bonds is 3.